The van der Waals surface area contributed by atoms with Crippen molar-refractivity contribution in [2.75, 3.05) is 0 Å². The third-order valence-corrected chi connectivity index (χ3v) is 5.08. The molecule has 3 heteroatoms. The van der Waals surface area contributed by atoms with Gasteiger partial charge in [0.05, 0.1) is 11.2 Å². The molecule has 0 amide bonds. The van der Waals surface area contributed by atoms with Crippen LogP contribution < -0.4 is 5.46 Å². The van der Waals surface area contributed by atoms with E-state index < -0.39 is 7.12 Å². The zero-order valence-corrected chi connectivity index (χ0v) is 14.3. The highest BCUT2D eigenvalue weighted by Crippen LogP contribution is 2.37. The standard InChI is InChI=1S/C20H23BO2/c1-7-15-16(8-2)18(13-14-11-9-10-12-17(14)15)21-22-19(3,4)20(5,6)23-21/h7-13H,1-2H2,3-6H3. The summed E-state index contributed by atoms with van der Waals surface area (Å²) in [5.74, 6) is 0. The van der Waals surface area contributed by atoms with Crippen molar-refractivity contribution in [3.05, 3.63) is 54.6 Å². The number of fused-ring (bicyclic) bond motifs is 1. The van der Waals surface area contributed by atoms with Crippen LogP contribution in [-0.2, 0) is 9.31 Å². The van der Waals surface area contributed by atoms with Gasteiger partial charge in [-0.2, -0.15) is 0 Å². The van der Waals surface area contributed by atoms with Crippen LogP contribution in [0.1, 0.15) is 38.8 Å². The highest BCUT2D eigenvalue weighted by Gasteiger charge is 2.52. The van der Waals surface area contributed by atoms with Crippen molar-refractivity contribution in [3.63, 3.8) is 0 Å². The molecule has 2 nitrogen and oxygen atoms in total. The molecule has 1 fully saturated rings. The Balaban J connectivity index is 2.22. The van der Waals surface area contributed by atoms with Gasteiger partial charge in [0.2, 0.25) is 0 Å². The second kappa shape index (κ2) is 5.36. The third kappa shape index (κ3) is 2.45. The Morgan fingerprint density at radius 2 is 1.48 bits per heavy atom. The molecule has 118 valence electrons. The average molecular weight is 306 g/mol. The quantitative estimate of drug-likeness (QED) is 0.781. The first kappa shape index (κ1) is 16.0. The topological polar surface area (TPSA) is 18.5 Å². The van der Waals surface area contributed by atoms with E-state index in [1.807, 2.05) is 24.3 Å². The van der Waals surface area contributed by atoms with E-state index in [0.29, 0.717) is 0 Å². The number of rotatable bonds is 3. The van der Waals surface area contributed by atoms with Gasteiger partial charge in [0.1, 0.15) is 0 Å². The van der Waals surface area contributed by atoms with Gasteiger partial charge in [0.15, 0.2) is 0 Å². The minimum absolute atomic E-state index is 0.365. The molecule has 1 aliphatic rings. The third-order valence-electron chi connectivity index (χ3n) is 5.08. The lowest BCUT2D eigenvalue weighted by Crippen LogP contribution is -2.41. The summed E-state index contributed by atoms with van der Waals surface area (Å²) in [6, 6.07) is 10.4. The lowest BCUT2D eigenvalue weighted by molar-refractivity contribution is 0.00578. The highest BCUT2D eigenvalue weighted by atomic mass is 16.7. The molecule has 0 atom stereocenters. The predicted octanol–water partition coefficient (Wildman–Crippen LogP) is 4.43. The first-order valence-corrected chi connectivity index (χ1v) is 7.97. The summed E-state index contributed by atoms with van der Waals surface area (Å²) >= 11 is 0. The van der Waals surface area contributed by atoms with Crippen LogP contribution in [0, 0.1) is 0 Å². The smallest absolute Gasteiger partial charge is 0.399 e. The molecule has 0 aromatic heterocycles. The van der Waals surface area contributed by atoms with Crippen molar-refractivity contribution >= 4 is 35.5 Å². The van der Waals surface area contributed by atoms with Crippen molar-refractivity contribution in [3.8, 4) is 0 Å². The molecule has 23 heavy (non-hydrogen) atoms. The lowest BCUT2D eigenvalue weighted by Gasteiger charge is -2.32. The molecule has 2 aromatic carbocycles. The fraction of sp³-hybridized carbons (Fsp3) is 0.300. The second-order valence-electron chi connectivity index (χ2n) is 7.01. The van der Waals surface area contributed by atoms with E-state index >= 15 is 0 Å². The van der Waals surface area contributed by atoms with Crippen LogP contribution in [0.2, 0.25) is 0 Å². The van der Waals surface area contributed by atoms with E-state index in [2.05, 4.69) is 59.1 Å². The Bertz CT molecular complexity index is 774. The average Bonchev–Trinajstić information content (AvgIpc) is 2.73. The fourth-order valence-electron chi connectivity index (χ4n) is 3.03. The molecule has 0 saturated carbocycles. The van der Waals surface area contributed by atoms with E-state index in [0.717, 1.165) is 27.4 Å². The lowest BCUT2D eigenvalue weighted by atomic mass is 9.73. The Morgan fingerprint density at radius 3 is 2.04 bits per heavy atom. The zero-order chi connectivity index (χ0) is 16.8. The maximum Gasteiger partial charge on any atom is 0.495 e. The van der Waals surface area contributed by atoms with Crippen LogP contribution in [0.4, 0.5) is 0 Å². The Morgan fingerprint density at radius 1 is 0.913 bits per heavy atom. The van der Waals surface area contributed by atoms with Crippen LogP contribution >= 0.6 is 0 Å². The summed E-state index contributed by atoms with van der Waals surface area (Å²) in [5.41, 5.74) is 2.37. The first-order chi connectivity index (χ1) is 10.8. The molecule has 3 rings (SSSR count). The fourth-order valence-corrected chi connectivity index (χ4v) is 3.03. The molecule has 0 spiro atoms. The summed E-state index contributed by atoms with van der Waals surface area (Å²) in [6.45, 7) is 16.2. The van der Waals surface area contributed by atoms with Crippen molar-refractivity contribution < 1.29 is 9.31 Å². The molecule has 0 aliphatic carbocycles. The monoisotopic (exact) mass is 306 g/mol. The maximum atomic E-state index is 6.24. The van der Waals surface area contributed by atoms with Gasteiger partial charge in [-0.05, 0) is 55.1 Å². The highest BCUT2D eigenvalue weighted by molar-refractivity contribution is 6.63. The van der Waals surface area contributed by atoms with Crippen molar-refractivity contribution in [1.29, 1.82) is 0 Å². The van der Waals surface area contributed by atoms with Gasteiger partial charge in [0.25, 0.3) is 0 Å². The molecule has 1 heterocycles. The van der Waals surface area contributed by atoms with Crippen molar-refractivity contribution in [2.45, 2.75) is 38.9 Å². The minimum atomic E-state index is -0.406. The molecule has 0 radical (unpaired) electrons. The number of benzene rings is 2. The van der Waals surface area contributed by atoms with Gasteiger partial charge < -0.3 is 9.31 Å². The Kier molecular flexibility index (Phi) is 3.74. The molecule has 0 unspecified atom stereocenters. The molecule has 2 aromatic rings. The van der Waals surface area contributed by atoms with Crippen LogP contribution in [0.5, 0.6) is 0 Å². The van der Waals surface area contributed by atoms with Gasteiger partial charge in [-0.25, -0.2) is 0 Å². The minimum Gasteiger partial charge on any atom is -0.399 e. The second-order valence-corrected chi connectivity index (χ2v) is 7.01. The van der Waals surface area contributed by atoms with Gasteiger partial charge >= 0.3 is 7.12 Å². The predicted molar refractivity (Wildman–Crippen MR) is 99.8 cm³/mol. The molecular formula is C20H23BO2. The summed E-state index contributed by atoms with van der Waals surface area (Å²) in [4.78, 5) is 0. The van der Waals surface area contributed by atoms with Crippen molar-refractivity contribution in [1.82, 2.24) is 0 Å². The molecular weight excluding hydrogens is 283 g/mol. The molecule has 1 aliphatic heterocycles. The summed E-state index contributed by atoms with van der Waals surface area (Å²) in [5, 5.41) is 2.32. The van der Waals surface area contributed by atoms with Crippen LogP contribution in [-0.4, -0.2) is 18.3 Å². The largest absolute Gasteiger partial charge is 0.495 e. The van der Waals surface area contributed by atoms with E-state index in [1.165, 1.54) is 0 Å². The first-order valence-electron chi connectivity index (χ1n) is 7.97. The van der Waals surface area contributed by atoms with Crippen molar-refractivity contribution in [2.24, 2.45) is 0 Å². The van der Waals surface area contributed by atoms with Gasteiger partial charge in [-0.3, -0.25) is 0 Å². The number of hydrogen-bond acceptors (Lipinski definition) is 2. The zero-order valence-electron chi connectivity index (χ0n) is 14.3. The van der Waals surface area contributed by atoms with E-state index in [1.54, 1.807) is 0 Å². The van der Waals surface area contributed by atoms with E-state index in [9.17, 15) is 0 Å². The van der Waals surface area contributed by atoms with Crippen LogP contribution in [0.25, 0.3) is 22.9 Å². The molecule has 0 bridgehead atoms. The normalized spacial score (nSPS) is 19.0. The Labute approximate surface area is 138 Å². The number of hydrogen-bond donors (Lipinski definition) is 0. The van der Waals surface area contributed by atoms with E-state index in [4.69, 9.17) is 9.31 Å². The molecule has 0 N–H and O–H groups in total. The SMILES string of the molecule is C=Cc1c(B2OC(C)(C)C(C)(C)O2)cc2ccccc2c1C=C. The maximum absolute atomic E-state index is 6.24. The van der Waals surface area contributed by atoms with Gasteiger partial charge in [-0.15, -0.1) is 0 Å². The Hall–Kier alpha value is -1.84. The summed E-state index contributed by atoms with van der Waals surface area (Å²) in [6.07, 6.45) is 3.75. The van der Waals surface area contributed by atoms with Crippen LogP contribution in [0.15, 0.2) is 43.5 Å². The van der Waals surface area contributed by atoms with Crippen LogP contribution in [0.3, 0.4) is 0 Å². The summed E-state index contributed by atoms with van der Waals surface area (Å²) < 4.78 is 12.5. The molecule has 1 saturated heterocycles. The summed E-state index contributed by atoms with van der Waals surface area (Å²) in [7, 11) is -0.406. The van der Waals surface area contributed by atoms with Gasteiger partial charge in [0, 0.05) is 0 Å². The van der Waals surface area contributed by atoms with E-state index in [-0.39, 0.29) is 11.2 Å². The van der Waals surface area contributed by atoms with Gasteiger partial charge in [-0.1, -0.05) is 55.6 Å².